The summed E-state index contributed by atoms with van der Waals surface area (Å²) in [5.41, 5.74) is 1.82. The van der Waals surface area contributed by atoms with E-state index in [0.717, 1.165) is 18.9 Å². The molecule has 214 valence electrons. The first-order valence-electron chi connectivity index (χ1n) is 15.5. The molecule has 0 amide bonds. The number of piperidine rings is 2. The zero-order valence-corrected chi connectivity index (χ0v) is 25.5. The fourth-order valence-electron chi connectivity index (χ4n) is 7.45. The molecule has 0 spiro atoms. The van der Waals surface area contributed by atoms with Crippen LogP contribution in [-0.2, 0) is 0 Å². The molecular formula is C31H54N6S. The van der Waals surface area contributed by atoms with Crippen LogP contribution in [0.25, 0.3) is 0 Å². The van der Waals surface area contributed by atoms with Gasteiger partial charge in [-0.2, -0.15) is 0 Å². The summed E-state index contributed by atoms with van der Waals surface area (Å²) in [7, 11) is 0. The predicted octanol–water partition coefficient (Wildman–Crippen LogP) is 5.79. The van der Waals surface area contributed by atoms with Crippen LogP contribution in [0.3, 0.4) is 0 Å². The highest BCUT2D eigenvalue weighted by atomic mass is 32.2. The maximum absolute atomic E-state index is 4.78. The van der Waals surface area contributed by atoms with Gasteiger partial charge in [0.1, 0.15) is 0 Å². The molecule has 8 atom stereocenters. The van der Waals surface area contributed by atoms with Crippen LogP contribution >= 0.6 is 11.9 Å². The Morgan fingerprint density at radius 1 is 1.03 bits per heavy atom. The second-order valence-electron chi connectivity index (χ2n) is 14.4. The molecule has 0 saturated carbocycles. The molecule has 5 rings (SSSR count). The van der Waals surface area contributed by atoms with Crippen molar-refractivity contribution in [2.24, 2.45) is 17.3 Å². The van der Waals surface area contributed by atoms with Gasteiger partial charge in [-0.1, -0.05) is 38.8 Å². The molecule has 4 bridgehead atoms. The molecule has 4 aliphatic rings. The van der Waals surface area contributed by atoms with Crippen molar-refractivity contribution < 1.29 is 0 Å². The first-order chi connectivity index (χ1) is 18.2. The molecule has 4 N–H and O–H groups in total. The van der Waals surface area contributed by atoms with Crippen LogP contribution in [0.15, 0.2) is 24.4 Å². The monoisotopic (exact) mass is 542 g/mol. The topological polar surface area (TPSA) is 64.2 Å². The number of pyridine rings is 1. The molecule has 4 saturated heterocycles. The van der Waals surface area contributed by atoms with E-state index < -0.39 is 0 Å². The largest absolute Gasteiger partial charge is 0.299 e. The Hall–Kier alpha value is -0.700. The van der Waals surface area contributed by atoms with Crippen LogP contribution in [-0.4, -0.2) is 52.3 Å². The van der Waals surface area contributed by atoms with Crippen LogP contribution in [0.1, 0.15) is 111 Å². The third-order valence-electron chi connectivity index (χ3n) is 9.57. The highest BCUT2D eigenvalue weighted by Crippen LogP contribution is 2.41. The summed E-state index contributed by atoms with van der Waals surface area (Å²) in [5, 5.41) is 12.6. The molecule has 6 unspecified atom stereocenters. The minimum Gasteiger partial charge on any atom is -0.299 e. The Morgan fingerprint density at radius 3 is 2.68 bits per heavy atom. The zero-order chi connectivity index (χ0) is 26.8. The van der Waals surface area contributed by atoms with Crippen LogP contribution in [0.4, 0.5) is 0 Å². The van der Waals surface area contributed by atoms with Gasteiger partial charge in [0.15, 0.2) is 0 Å². The lowest BCUT2D eigenvalue weighted by molar-refractivity contribution is 0.0207. The van der Waals surface area contributed by atoms with Gasteiger partial charge in [-0.05, 0) is 102 Å². The van der Waals surface area contributed by atoms with Crippen LogP contribution in [0, 0.1) is 17.3 Å². The summed E-state index contributed by atoms with van der Waals surface area (Å²) < 4.78 is 3.86. The van der Waals surface area contributed by atoms with Gasteiger partial charge in [-0.3, -0.25) is 30.6 Å². The third kappa shape index (κ3) is 7.52. The number of rotatable bonds is 3. The van der Waals surface area contributed by atoms with Gasteiger partial charge in [0.05, 0.1) is 29.4 Å². The molecule has 6 nitrogen and oxygen atoms in total. The minimum absolute atomic E-state index is 0.225. The Morgan fingerprint density at radius 2 is 1.89 bits per heavy atom. The van der Waals surface area contributed by atoms with Crippen LogP contribution < -0.4 is 20.7 Å². The molecule has 1 aromatic heterocycles. The highest BCUT2D eigenvalue weighted by molar-refractivity contribution is 7.98. The highest BCUT2D eigenvalue weighted by Gasteiger charge is 2.46. The van der Waals surface area contributed by atoms with E-state index in [1.165, 1.54) is 70.0 Å². The van der Waals surface area contributed by atoms with Crippen molar-refractivity contribution >= 4 is 11.9 Å². The van der Waals surface area contributed by atoms with Gasteiger partial charge in [0, 0.05) is 36.8 Å². The lowest BCUT2D eigenvalue weighted by atomic mass is 9.83. The van der Waals surface area contributed by atoms with Crippen molar-refractivity contribution in [3.8, 4) is 0 Å². The standard InChI is InChI=1S/C31H54N6S/c1-30(2,3)17-16-24-14-13-23-20-33-38-28-11-8-10-27(36-28)35-26(25-9-6-7-18-32-25)15-12-22-19-31(4,5)37(21-22)29(23)34-24/h6-7,9,18,22-24,26-29,33-36H,8,10-17,19-21H2,1-5H3/t22-,23?,24?,26+,27?,28?,29?/m0/s1. The smallest absolute Gasteiger partial charge is 0.0690 e. The summed E-state index contributed by atoms with van der Waals surface area (Å²) in [6.07, 6.45) is 15.3. The second-order valence-corrected chi connectivity index (χ2v) is 15.5. The summed E-state index contributed by atoms with van der Waals surface area (Å²) in [6.45, 7) is 14.4. The Bertz CT molecular complexity index is 873. The SMILES string of the molecule is CC(C)(C)CCC1CCC2CNSC3CCCC(N3)N[C@@H](c3ccccn3)CC[C@@H]3CN(C2N1)C(C)(C)C3. The molecule has 5 heterocycles. The number of fused-ring (bicyclic) bond motifs is 6. The normalized spacial score (nSPS) is 38.6. The van der Waals surface area contributed by atoms with Crippen molar-refractivity contribution in [3.63, 3.8) is 0 Å². The van der Waals surface area contributed by atoms with E-state index in [2.05, 4.69) is 72.3 Å². The first kappa shape index (κ1) is 28.8. The quantitative estimate of drug-likeness (QED) is 0.361. The van der Waals surface area contributed by atoms with E-state index >= 15 is 0 Å². The average molecular weight is 543 g/mol. The second kappa shape index (κ2) is 12.4. The summed E-state index contributed by atoms with van der Waals surface area (Å²) in [5.74, 6) is 1.38. The van der Waals surface area contributed by atoms with E-state index in [4.69, 9.17) is 4.98 Å². The summed E-state index contributed by atoms with van der Waals surface area (Å²) in [4.78, 5) is 7.66. The molecule has 38 heavy (non-hydrogen) atoms. The number of aromatic nitrogens is 1. The number of hydrogen-bond acceptors (Lipinski definition) is 7. The molecular weight excluding hydrogens is 488 g/mol. The number of nitrogens with one attached hydrogen (secondary N) is 4. The fourth-order valence-corrected chi connectivity index (χ4v) is 8.47. The minimum atomic E-state index is 0.225. The van der Waals surface area contributed by atoms with E-state index in [1.54, 1.807) is 0 Å². The van der Waals surface area contributed by atoms with Gasteiger partial charge in [-0.25, -0.2) is 0 Å². The van der Waals surface area contributed by atoms with Gasteiger partial charge < -0.3 is 0 Å². The maximum Gasteiger partial charge on any atom is 0.0690 e. The molecule has 7 heteroatoms. The van der Waals surface area contributed by atoms with Crippen LogP contribution in [0.2, 0.25) is 0 Å². The van der Waals surface area contributed by atoms with E-state index in [1.807, 2.05) is 24.2 Å². The van der Waals surface area contributed by atoms with Crippen molar-refractivity contribution in [2.45, 2.75) is 134 Å². The van der Waals surface area contributed by atoms with Gasteiger partial charge in [-0.15, -0.1) is 0 Å². The zero-order valence-electron chi connectivity index (χ0n) is 24.6. The molecule has 1 aromatic rings. The van der Waals surface area contributed by atoms with Gasteiger partial charge in [0.2, 0.25) is 0 Å². The maximum atomic E-state index is 4.78. The third-order valence-corrected chi connectivity index (χ3v) is 10.6. The number of hydrogen-bond donors (Lipinski definition) is 4. The van der Waals surface area contributed by atoms with Gasteiger partial charge in [0.25, 0.3) is 0 Å². The Balaban J connectivity index is 1.35. The van der Waals surface area contributed by atoms with E-state index in [9.17, 15) is 0 Å². The molecule has 0 aliphatic carbocycles. The van der Waals surface area contributed by atoms with Crippen LogP contribution in [0.5, 0.6) is 0 Å². The predicted molar refractivity (Wildman–Crippen MR) is 161 cm³/mol. The lowest BCUT2D eigenvalue weighted by Gasteiger charge is -2.47. The molecule has 4 fully saturated rings. The number of nitrogens with zero attached hydrogens (tertiary/aromatic N) is 2. The average Bonchev–Trinajstić information content (AvgIpc) is 3.19. The van der Waals surface area contributed by atoms with Crippen molar-refractivity contribution in [2.75, 3.05) is 13.1 Å². The first-order valence-corrected chi connectivity index (χ1v) is 16.4. The Labute approximate surface area is 236 Å². The lowest BCUT2D eigenvalue weighted by Crippen LogP contribution is -2.62. The Kier molecular flexibility index (Phi) is 9.43. The summed E-state index contributed by atoms with van der Waals surface area (Å²) >= 11 is 1.93. The van der Waals surface area contributed by atoms with E-state index in [0.29, 0.717) is 41.1 Å². The molecule has 4 aliphatic heterocycles. The van der Waals surface area contributed by atoms with Gasteiger partial charge >= 0.3 is 0 Å². The van der Waals surface area contributed by atoms with Crippen molar-refractivity contribution in [1.82, 2.24) is 30.6 Å². The summed E-state index contributed by atoms with van der Waals surface area (Å²) in [6, 6.07) is 7.32. The fraction of sp³-hybridized carbons (Fsp3) is 0.839. The molecule has 0 aromatic carbocycles. The van der Waals surface area contributed by atoms with Crippen molar-refractivity contribution in [1.29, 1.82) is 0 Å². The molecule has 0 radical (unpaired) electrons. The van der Waals surface area contributed by atoms with Crippen molar-refractivity contribution in [3.05, 3.63) is 30.1 Å². The van der Waals surface area contributed by atoms with E-state index in [-0.39, 0.29) is 5.54 Å².